The van der Waals surface area contributed by atoms with Crippen molar-refractivity contribution in [1.29, 1.82) is 0 Å². The van der Waals surface area contributed by atoms with Crippen molar-refractivity contribution >= 4 is 11.8 Å². The van der Waals surface area contributed by atoms with Gasteiger partial charge in [0, 0.05) is 6.42 Å². The molecule has 27 heavy (non-hydrogen) atoms. The zero-order valence-corrected chi connectivity index (χ0v) is 15.6. The molecule has 0 radical (unpaired) electrons. The van der Waals surface area contributed by atoms with Crippen LogP contribution in [0.5, 0.6) is 5.75 Å². The zero-order valence-electron chi connectivity index (χ0n) is 15.6. The number of ether oxygens (including phenoxy) is 1. The highest BCUT2D eigenvalue weighted by Gasteiger charge is 2.22. The van der Waals surface area contributed by atoms with Gasteiger partial charge in [-0.05, 0) is 35.7 Å². The Morgan fingerprint density at radius 1 is 1.04 bits per heavy atom. The molecule has 0 fully saturated rings. The summed E-state index contributed by atoms with van der Waals surface area (Å²) in [7, 11) is 0. The Labute approximate surface area is 158 Å². The first-order chi connectivity index (χ1) is 13.0. The summed E-state index contributed by atoms with van der Waals surface area (Å²) in [4.78, 5) is 24.7. The van der Waals surface area contributed by atoms with Crippen molar-refractivity contribution in [3.8, 4) is 5.75 Å². The van der Waals surface area contributed by atoms with Gasteiger partial charge in [-0.25, -0.2) is 4.39 Å². The third-order valence-electron chi connectivity index (χ3n) is 3.78. The highest BCUT2D eigenvalue weighted by atomic mass is 19.1. The van der Waals surface area contributed by atoms with Gasteiger partial charge in [-0.1, -0.05) is 44.2 Å². The summed E-state index contributed by atoms with van der Waals surface area (Å²) in [5, 5.41) is 5.56. The largest absolute Gasteiger partial charge is 0.492 e. The van der Waals surface area contributed by atoms with E-state index in [1.54, 1.807) is 12.1 Å². The Balaban J connectivity index is 1.90. The second-order valence-electron chi connectivity index (χ2n) is 6.60. The van der Waals surface area contributed by atoms with Gasteiger partial charge in [0.1, 0.15) is 24.2 Å². The van der Waals surface area contributed by atoms with Crippen molar-refractivity contribution in [1.82, 2.24) is 10.6 Å². The quantitative estimate of drug-likeness (QED) is 0.664. The number of carbonyl (C=O) groups is 2. The molecular weight excluding hydrogens is 347 g/mol. The van der Waals surface area contributed by atoms with Gasteiger partial charge in [0.05, 0.1) is 6.54 Å². The second kappa shape index (κ2) is 10.3. The van der Waals surface area contributed by atoms with Crippen molar-refractivity contribution in [3.63, 3.8) is 0 Å². The van der Waals surface area contributed by atoms with Crippen LogP contribution in [0.1, 0.15) is 31.9 Å². The highest BCUT2D eigenvalue weighted by molar-refractivity contribution is 5.88. The minimum absolute atomic E-state index is 0.170. The molecule has 2 amide bonds. The lowest BCUT2D eigenvalue weighted by atomic mass is 10.0. The average Bonchev–Trinajstić information content (AvgIpc) is 2.64. The smallest absolute Gasteiger partial charge is 0.247 e. The van der Waals surface area contributed by atoms with Gasteiger partial charge in [0.25, 0.3) is 0 Å². The van der Waals surface area contributed by atoms with Crippen molar-refractivity contribution in [2.45, 2.75) is 26.3 Å². The van der Waals surface area contributed by atoms with Crippen LogP contribution >= 0.6 is 0 Å². The molecule has 0 spiro atoms. The number of hydrogen-bond donors (Lipinski definition) is 2. The van der Waals surface area contributed by atoms with Gasteiger partial charge in [0.2, 0.25) is 11.8 Å². The van der Waals surface area contributed by atoms with E-state index >= 15 is 0 Å². The third kappa shape index (κ3) is 7.09. The maximum atomic E-state index is 12.9. The summed E-state index contributed by atoms with van der Waals surface area (Å²) >= 11 is 0. The Hall–Kier alpha value is -2.89. The molecule has 5 nitrogen and oxygen atoms in total. The van der Waals surface area contributed by atoms with Crippen molar-refractivity contribution in [3.05, 3.63) is 66.0 Å². The molecule has 0 aliphatic heterocycles. The van der Waals surface area contributed by atoms with E-state index in [4.69, 9.17) is 4.74 Å². The molecule has 144 valence electrons. The number of halogens is 1. The summed E-state index contributed by atoms with van der Waals surface area (Å²) in [6, 6.07) is 14.0. The summed E-state index contributed by atoms with van der Waals surface area (Å²) < 4.78 is 18.3. The van der Waals surface area contributed by atoms with E-state index in [0.717, 1.165) is 0 Å². The fourth-order valence-electron chi connectivity index (χ4n) is 2.51. The van der Waals surface area contributed by atoms with Crippen molar-refractivity contribution in [2.75, 3.05) is 13.2 Å². The monoisotopic (exact) mass is 372 g/mol. The van der Waals surface area contributed by atoms with E-state index in [9.17, 15) is 14.0 Å². The van der Waals surface area contributed by atoms with Crippen LogP contribution in [0.25, 0.3) is 0 Å². The summed E-state index contributed by atoms with van der Waals surface area (Å²) in [6.07, 6.45) is 0.351. The molecule has 0 aliphatic carbocycles. The number of nitrogens with one attached hydrogen (secondary N) is 2. The van der Waals surface area contributed by atoms with E-state index < -0.39 is 6.04 Å². The number of carbonyl (C=O) groups excluding carboxylic acids is 2. The molecule has 0 bridgehead atoms. The molecule has 0 aliphatic rings. The Bertz CT molecular complexity index is 733. The molecule has 2 aromatic carbocycles. The van der Waals surface area contributed by atoms with Crippen molar-refractivity contribution < 1.29 is 18.7 Å². The van der Waals surface area contributed by atoms with E-state index in [1.807, 2.05) is 32.0 Å². The van der Waals surface area contributed by atoms with Gasteiger partial charge < -0.3 is 15.4 Å². The molecule has 2 rings (SSSR count). The van der Waals surface area contributed by atoms with Crippen molar-refractivity contribution in [2.24, 2.45) is 5.92 Å². The van der Waals surface area contributed by atoms with Crippen LogP contribution < -0.4 is 15.4 Å². The van der Waals surface area contributed by atoms with Gasteiger partial charge in [0.15, 0.2) is 0 Å². The fourth-order valence-corrected chi connectivity index (χ4v) is 2.51. The Morgan fingerprint density at radius 2 is 1.70 bits per heavy atom. The normalized spacial score (nSPS) is 11.7. The molecule has 0 heterocycles. The standard InChI is InChI=1S/C21H25FN2O3/c1-15(2)14-19(25)24-20(16-6-4-3-5-7-16)21(26)23-12-13-27-18-10-8-17(22)9-11-18/h3-11,15,20H,12-14H2,1-2H3,(H,23,26)(H,24,25). The maximum Gasteiger partial charge on any atom is 0.247 e. The molecular formula is C21H25FN2O3. The summed E-state index contributed by atoms with van der Waals surface area (Å²) in [5.41, 5.74) is 0.714. The third-order valence-corrected chi connectivity index (χ3v) is 3.78. The molecule has 2 aromatic rings. The lowest BCUT2D eigenvalue weighted by Gasteiger charge is -2.19. The Morgan fingerprint density at radius 3 is 2.33 bits per heavy atom. The summed E-state index contributed by atoms with van der Waals surface area (Å²) in [6.45, 7) is 4.40. The van der Waals surface area contributed by atoms with Crippen LogP contribution in [0.15, 0.2) is 54.6 Å². The fraction of sp³-hybridized carbons (Fsp3) is 0.333. The van der Waals surface area contributed by atoms with Crippen LogP contribution in [-0.4, -0.2) is 25.0 Å². The van der Waals surface area contributed by atoms with Gasteiger partial charge in [-0.3, -0.25) is 9.59 Å². The first kappa shape index (κ1) is 20.4. The molecule has 1 atom stereocenters. The number of rotatable bonds is 9. The molecule has 2 N–H and O–H groups in total. The lowest BCUT2D eigenvalue weighted by Crippen LogP contribution is -2.41. The molecule has 1 unspecified atom stereocenters. The molecule has 0 saturated heterocycles. The predicted octanol–water partition coefficient (Wildman–Crippen LogP) is 3.22. The van der Waals surface area contributed by atoms with Crippen LogP contribution in [-0.2, 0) is 9.59 Å². The first-order valence-electron chi connectivity index (χ1n) is 8.96. The predicted molar refractivity (Wildman–Crippen MR) is 102 cm³/mol. The van der Waals surface area contributed by atoms with Gasteiger partial charge in [-0.15, -0.1) is 0 Å². The van der Waals surface area contributed by atoms with Crippen LogP contribution in [0.2, 0.25) is 0 Å². The average molecular weight is 372 g/mol. The van der Waals surface area contributed by atoms with E-state index in [-0.39, 0.29) is 36.7 Å². The number of benzene rings is 2. The van der Waals surface area contributed by atoms with Gasteiger partial charge >= 0.3 is 0 Å². The van der Waals surface area contributed by atoms with Crippen LogP contribution in [0.3, 0.4) is 0 Å². The number of hydrogen-bond acceptors (Lipinski definition) is 3. The van der Waals surface area contributed by atoms with Gasteiger partial charge in [-0.2, -0.15) is 0 Å². The maximum absolute atomic E-state index is 12.9. The van der Waals surface area contributed by atoms with E-state index in [1.165, 1.54) is 24.3 Å². The van der Waals surface area contributed by atoms with Crippen LogP contribution in [0.4, 0.5) is 4.39 Å². The number of amides is 2. The molecule has 6 heteroatoms. The minimum Gasteiger partial charge on any atom is -0.492 e. The summed E-state index contributed by atoms with van der Waals surface area (Å²) in [5.74, 6) is -0.0832. The highest BCUT2D eigenvalue weighted by Crippen LogP contribution is 2.14. The Kier molecular flexibility index (Phi) is 7.79. The second-order valence-corrected chi connectivity index (χ2v) is 6.60. The topological polar surface area (TPSA) is 67.4 Å². The first-order valence-corrected chi connectivity index (χ1v) is 8.96. The minimum atomic E-state index is -0.761. The van der Waals surface area contributed by atoms with E-state index in [0.29, 0.717) is 17.7 Å². The molecule has 0 saturated carbocycles. The lowest BCUT2D eigenvalue weighted by molar-refractivity contribution is -0.129. The van der Waals surface area contributed by atoms with E-state index in [2.05, 4.69) is 10.6 Å². The molecule has 0 aromatic heterocycles. The zero-order chi connectivity index (χ0) is 19.6. The SMILES string of the molecule is CC(C)CC(=O)NC(C(=O)NCCOc1ccc(F)cc1)c1ccccc1. The van der Waals surface area contributed by atoms with Crippen LogP contribution in [0, 0.1) is 11.7 Å².